The van der Waals surface area contributed by atoms with Crippen molar-refractivity contribution in [1.29, 1.82) is 0 Å². The number of primary amides is 1. The number of aromatic nitrogens is 2. The Morgan fingerprint density at radius 2 is 1.62 bits per heavy atom. The van der Waals surface area contributed by atoms with Crippen molar-refractivity contribution in [3.63, 3.8) is 0 Å². The van der Waals surface area contributed by atoms with Crippen LogP contribution < -0.4 is 11.1 Å². The second-order valence-corrected chi connectivity index (χ2v) is 8.73. The number of amides is 2. The van der Waals surface area contributed by atoms with Gasteiger partial charge in [-0.2, -0.15) is 5.10 Å². The van der Waals surface area contributed by atoms with E-state index < -0.39 is 29.6 Å². The first-order chi connectivity index (χ1) is 18.5. The van der Waals surface area contributed by atoms with Crippen molar-refractivity contribution in [1.82, 2.24) is 20.4 Å². The molecule has 0 aliphatic carbocycles. The van der Waals surface area contributed by atoms with Gasteiger partial charge in [0, 0.05) is 48.3 Å². The maximum absolute atomic E-state index is 13.5. The van der Waals surface area contributed by atoms with Crippen molar-refractivity contribution in [2.45, 2.75) is 18.8 Å². The fourth-order valence-electron chi connectivity index (χ4n) is 4.25. The van der Waals surface area contributed by atoms with Gasteiger partial charge in [0.05, 0.1) is 16.6 Å². The first-order valence-electron chi connectivity index (χ1n) is 11.9. The molecule has 1 saturated heterocycles. The standard InChI is InChI=1S/C22H23F2N5O2.C4H4O4/c23-14-1-3-16(21(25)30)18(11-14)22(31)26-7-10-29-8-5-13(6-9-29)20-17-4-2-15(24)12-19(17)27-28-20;5-3(6)1-2-4(7)8/h1-4,11-13H,5-10H2,(H2,25,30)(H,26,31)(H,27,28);1-2H,(H,5,6)(H,7,8)/b;2-1-. The highest BCUT2D eigenvalue weighted by Crippen LogP contribution is 2.31. The summed E-state index contributed by atoms with van der Waals surface area (Å²) in [5, 5.41) is 26.6. The molecule has 11 nitrogen and oxygen atoms in total. The molecule has 2 heterocycles. The number of hydrogen-bond donors (Lipinski definition) is 5. The lowest BCUT2D eigenvalue weighted by molar-refractivity contribution is -0.134. The maximum Gasteiger partial charge on any atom is 0.328 e. The van der Waals surface area contributed by atoms with Gasteiger partial charge < -0.3 is 26.2 Å². The molecule has 1 aromatic heterocycles. The third kappa shape index (κ3) is 8.17. The molecule has 1 fully saturated rings. The molecule has 0 saturated carbocycles. The van der Waals surface area contributed by atoms with Crippen molar-refractivity contribution < 1.29 is 38.2 Å². The van der Waals surface area contributed by atoms with Crippen LogP contribution in [0.3, 0.4) is 0 Å². The minimum atomic E-state index is -1.26. The highest BCUT2D eigenvalue weighted by Gasteiger charge is 2.24. The third-order valence-corrected chi connectivity index (χ3v) is 6.12. The van der Waals surface area contributed by atoms with E-state index in [2.05, 4.69) is 20.4 Å². The van der Waals surface area contributed by atoms with Crippen molar-refractivity contribution >= 4 is 34.7 Å². The van der Waals surface area contributed by atoms with Crippen LogP contribution in [0.5, 0.6) is 0 Å². The van der Waals surface area contributed by atoms with Gasteiger partial charge in [0.2, 0.25) is 5.91 Å². The van der Waals surface area contributed by atoms with Crippen molar-refractivity contribution in [3.05, 3.63) is 77.0 Å². The number of fused-ring (bicyclic) bond motifs is 1. The summed E-state index contributed by atoms with van der Waals surface area (Å²) < 4.78 is 26.9. The minimum absolute atomic E-state index is 0.00798. The van der Waals surface area contributed by atoms with Gasteiger partial charge in [0.1, 0.15) is 11.6 Å². The average molecular weight is 544 g/mol. The van der Waals surface area contributed by atoms with Crippen LogP contribution in [-0.4, -0.2) is 75.2 Å². The Hall–Kier alpha value is -4.65. The number of carbonyl (C=O) groups is 4. The summed E-state index contributed by atoms with van der Waals surface area (Å²) in [4.78, 5) is 45.2. The number of hydrogen-bond acceptors (Lipinski definition) is 6. The Bertz CT molecular complexity index is 1380. The third-order valence-electron chi connectivity index (χ3n) is 6.12. The van der Waals surface area contributed by atoms with E-state index >= 15 is 0 Å². The molecular formula is C26H27F2N5O6. The number of carbonyl (C=O) groups excluding carboxylic acids is 2. The zero-order chi connectivity index (χ0) is 28.5. The van der Waals surface area contributed by atoms with E-state index in [0.717, 1.165) is 49.1 Å². The molecule has 39 heavy (non-hydrogen) atoms. The predicted molar refractivity (Wildman–Crippen MR) is 136 cm³/mol. The molecule has 0 atom stereocenters. The van der Waals surface area contributed by atoms with E-state index in [0.29, 0.717) is 36.7 Å². The van der Waals surface area contributed by atoms with Crippen molar-refractivity contribution in [3.8, 4) is 0 Å². The fourth-order valence-corrected chi connectivity index (χ4v) is 4.25. The van der Waals surface area contributed by atoms with E-state index in [4.69, 9.17) is 15.9 Å². The topological polar surface area (TPSA) is 179 Å². The monoisotopic (exact) mass is 543 g/mol. The molecule has 3 aromatic rings. The Balaban J connectivity index is 0.000000459. The Morgan fingerprint density at radius 1 is 1.00 bits per heavy atom. The average Bonchev–Trinajstić information content (AvgIpc) is 3.31. The summed E-state index contributed by atoms with van der Waals surface area (Å²) in [7, 11) is 0. The van der Waals surface area contributed by atoms with Crippen LogP contribution in [0.1, 0.15) is 45.2 Å². The molecule has 4 rings (SSSR count). The number of carboxylic acid groups (broad SMARTS) is 2. The molecule has 2 amide bonds. The van der Waals surface area contributed by atoms with Crippen LogP contribution >= 0.6 is 0 Å². The number of nitrogens with zero attached hydrogens (tertiary/aromatic N) is 2. The molecule has 0 spiro atoms. The number of likely N-dealkylation sites (tertiary alicyclic amines) is 1. The first-order valence-corrected chi connectivity index (χ1v) is 11.9. The molecule has 1 aliphatic rings. The molecular weight excluding hydrogens is 516 g/mol. The number of rotatable bonds is 8. The van der Waals surface area contributed by atoms with Gasteiger partial charge in [0.25, 0.3) is 5.91 Å². The number of nitrogens with two attached hydrogens (primary N) is 1. The van der Waals surface area contributed by atoms with E-state index in [1.165, 1.54) is 18.2 Å². The van der Waals surface area contributed by atoms with Gasteiger partial charge in [-0.3, -0.25) is 14.7 Å². The van der Waals surface area contributed by atoms with Gasteiger partial charge in [0.15, 0.2) is 0 Å². The van der Waals surface area contributed by atoms with Crippen LogP contribution in [0, 0.1) is 11.6 Å². The van der Waals surface area contributed by atoms with Crippen LogP contribution in [0.4, 0.5) is 8.78 Å². The largest absolute Gasteiger partial charge is 0.478 e. The lowest BCUT2D eigenvalue weighted by Crippen LogP contribution is -2.39. The number of nitrogens with one attached hydrogen (secondary N) is 2. The highest BCUT2D eigenvalue weighted by atomic mass is 19.1. The molecule has 0 radical (unpaired) electrons. The Labute approximate surface area is 221 Å². The quantitative estimate of drug-likeness (QED) is 0.269. The number of aromatic amines is 1. The Kier molecular flexibility index (Phi) is 9.81. The summed E-state index contributed by atoms with van der Waals surface area (Å²) in [6.07, 6.45) is 2.95. The van der Waals surface area contributed by atoms with Gasteiger partial charge in [-0.15, -0.1) is 0 Å². The lowest BCUT2D eigenvalue weighted by atomic mass is 9.91. The van der Waals surface area contributed by atoms with Crippen molar-refractivity contribution in [2.75, 3.05) is 26.2 Å². The van der Waals surface area contributed by atoms with E-state index in [9.17, 15) is 28.0 Å². The van der Waals surface area contributed by atoms with Crippen LogP contribution in [0.15, 0.2) is 48.6 Å². The summed E-state index contributed by atoms with van der Waals surface area (Å²) in [5.74, 6) is -4.41. The number of benzene rings is 2. The number of carboxylic acids is 2. The first kappa shape index (κ1) is 28.9. The summed E-state index contributed by atoms with van der Waals surface area (Å²) in [6, 6.07) is 7.96. The fraction of sp³-hybridized carbons (Fsp3) is 0.269. The van der Waals surface area contributed by atoms with E-state index in [1.807, 2.05) is 0 Å². The molecule has 6 N–H and O–H groups in total. The van der Waals surface area contributed by atoms with E-state index in [-0.39, 0.29) is 16.9 Å². The summed E-state index contributed by atoms with van der Waals surface area (Å²) >= 11 is 0. The number of aliphatic carboxylic acids is 2. The SMILES string of the molecule is NC(=O)c1ccc(F)cc1C(=O)NCCN1CCC(c2[nH]nc3cc(F)ccc23)CC1.O=C(O)/C=C\C(=O)O. The van der Waals surface area contributed by atoms with Crippen LogP contribution in [0.2, 0.25) is 0 Å². The molecule has 13 heteroatoms. The zero-order valence-electron chi connectivity index (χ0n) is 20.7. The number of piperidine rings is 1. The maximum atomic E-state index is 13.5. The van der Waals surface area contributed by atoms with Crippen molar-refractivity contribution in [2.24, 2.45) is 5.73 Å². The number of H-pyrrole nitrogens is 1. The molecule has 206 valence electrons. The second-order valence-electron chi connectivity index (χ2n) is 8.73. The normalized spacial score (nSPS) is 14.1. The Morgan fingerprint density at radius 3 is 2.23 bits per heavy atom. The van der Waals surface area contributed by atoms with Gasteiger partial charge in [-0.25, -0.2) is 18.4 Å². The highest BCUT2D eigenvalue weighted by molar-refractivity contribution is 6.06. The second kappa shape index (κ2) is 13.2. The van der Waals surface area contributed by atoms with E-state index in [1.54, 1.807) is 6.07 Å². The molecule has 0 unspecified atom stereocenters. The van der Waals surface area contributed by atoms with Crippen LogP contribution in [-0.2, 0) is 9.59 Å². The minimum Gasteiger partial charge on any atom is -0.478 e. The zero-order valence-corrected chi connectivity index (χ0v) is 20.7. The van der Waals surface area contributed by atoms with Gasteiger partial charge in [-0.1, -0.05) is 0 Å². The molecule has 0 bridgehead atoms. The van der Waals surface area contributed by atoms with Gasteiger partial charge in [-0.05, 0) is 56.3 Å². The molecule has 1 aliphatic heterocycles. The van der Waals surface area contributed by atoms with Gasteiger partial charge >= 0.3 is 11.9 Å². The lowest BCUT2D eigenvalue weighted by Gasteiger charge is -2.31. The molecule has 2 aromatic carbocycles. The predicted octanol–water partition coefficient (Wildman–Crippen LogP) is 2.26. The summed E-state index contributed by atoms with van der Waals surface area (Å²) in [6.45, 7) is 2.68. The smallest absolute Gasteiger partial charge is 0.328 e. The summed E-state index contributed by atoms with van der Waals surface area (Å²) in [5.41, 5.74) is 6.87. The van der Waals surface area contributed by atoms with Crippen LogP contribution in [0.25, 0.3) is 10.9 Å². The number of halogens is 2.